The molecule has 118 valence electrons. The standard InChI is InChI=1S/C18H29BrN2/c1-5-18(6-2)13-20-17(14(3)4)12-21(18)11-15-8-7-9-16(19)10-15/h7-10,14,17,20H,5-6,11-13H2,1-4H3. The highest BCUT2D eigenvalue weighted by Gasteiger charge is 2.39. The first kappa shape index (κ1) is 17.0. The van der Waals surface area contributed by atoms with Crippen LogP contribution in [0.4, 0.5) is 0 Å². The summed E-state index contributed by atoms with van der Waals surface area (Å²) in [6.07, 6.45) is 2.41. The zero-order valence-corrected chi connectivity index (χ0v) is 15.4. The van der Waals surface area contributed by atoms with E-state index in [0.717, 1.165) is 19.6 Å². The third kappa shape index (κ3) is 3.88. The first-order chi connectivity index (χ1) is 10.0. The average Bonchev–Trinajstić information content (AvgIpc) is 2.47. The van der Waals surface area contributed by atoms with Crippen LogP contribution < -0.4 is 5.32 Å². The highest BCUT2D eigenvalue weighted by molar-refractivity contribution is 9.10. The number of benzene rings is 1. The topological polar surface area (TPSA) is 15.3 Å². The molecule has 0 spiro atoms. The number of hydrogen-bond acceptors (Lipinski definition) is 2. The molecule has 0 saturated carbocycles. The smallest absolute Gasteiger partial charge is 0.0333 e. The number of hydrogen-bond donors (Lipinski definition) is 1. The van der Waals surface area contributed by atoms with Gasteiger partial charge in [-0.25, -0.2) is 0 Å². The molecule has 1 aromatic carbocycles. The van der Waals surface area contributed by atoms with E-state index in [1.165, 1.54) is 22.9 Å². The summed E-state index contributed by atoms with van der Waals surface area (Å²) in [4.78, 5) is 2.72. The molecule has 0 aromatic heterocycles. The second-order valence-electron chi connectivity index (χ2n) is 6.67. The van der Waals surface area contributed by atoms with Crippen molar-refractivity contribution >= 4 is 15.9 Å². The van der Waals surface area contributed by atoms with Gasteiger partial charge in [-0.05, 0) is 36.5 Å². The Balaban J connectivity index is 2.20. The largest absolute Gasteiger partial charge is 0.311 e. The molecule has 0 bridgehead atoms. The Morgan fingerprint density at radius 3 is 2.62 bits per heavy atom. The Kier molecular flexibility index (Phi) is 5.87. The summed E-state index contributed by atoms with van der Waals surface area (Å²) < 4.78 is 1.18. The number of rotatable bonds is 5. The molecule has 1 unspecified atom stereocenters. The van der Waals surface area contributed by atoms with Crippen LogP contribution in [0.5, 0.6) is 0 Å². The van der Waals surface area contributed by atoms with E-state index in [4.69, 9.17) is 0 Å². The van der Waals surface area contributed by atoms with Crippen molar-refractivity contribution in [2.24, 2.45) is 5.92 Å². The molecule has 1 heterocycles. The Hall–Kier alpha value is -0.380. The van der Waals surface area contributed by atoms with Crippen LogP contribution >= 0.6 is 15.9 Å². The molecule has 1 aliphatic rings. The van der Waals surface area contributed by atoms with Gasteiger partial charge in [0.15, 0.2) is 0 Å². The van der Waals surface area contributed by atoms with E-state index in [9.17, 15) is 0 Å². The van der Waals surface area contributed by atoms with Crippen molar-refractivity contribution in [1.29, 1.82) is 0 Å². The zero-order chi connectivity index (χ0) is 15.5. The molecule has 1 fully saturated rings. The van der Waals surface area contributed by atoms with Gasteiger partial charge in [0, 0.05) is 35.7 Å². The van der Waals surface area contributed by atoms with E-state index in [-0.39, 0.29) is 0 Å². The first-order valence-corrected chi connectivity index (χ1v) is 9.03. The second-order valence-corrected chi connectivity index (χ2v) is 7.59. The molecule has 1 atom stereocenters. The lowest BCUT2D eigenvalue weighted by atomic mass is 9.85. The van der Waals surface area contributed by atoms with E-state index in [1.807, 2.05) is 0 Å². The van der Waals surface area contributed by atoms with Crippen LogP contribution in [0.1, 0.15) is 46.1 Å². The van der Waals surface area contributed by atoms with Crippen molar-refractivity contribution in [3.63, 3.8) is 0 Å². The molecule has 2 rings (SSSR count). The molecule has 1 saturated heterocycles. The number of halogens is 1. The number of nitrogens with zero attached hydrogens (tertiary/aromatic N) is 1. The monoisotopic (exact) mass is 352 g/mol. The maximum Gasteiger partial charge on any atom is 0.0333 e. The van der Waals surface area contributed by atoms with Crippen molar-refractivity contribution in [3.05, 3.63) is 34.3 Å². The summed E-state index contributed by atoms with van der Waals surface area (Å²) in [5.41, 5.74) is 1.70. The van der Waals surface area contributed by atoms with E-state index < -0.39 is 0 Å². The number of nitrogens with one attached hydrogen (secondary N) is 1. The fourth-order valence-corrected chi connectivity index (χ4v) is 3.86. The molecule has 3 heteroatoms. The minimum absolute atomic E-state index is 0.299. The SMILES string of the molecule is CCC1(CC)CNC(C(C)C)CN1Cc1cccc(Br)c1. The summed E-state index contributed by atoms with van der Waals surface area (Å²) >= 11 is 3.59. The maximum atomic E-state index is 3.79. The normalized spacial score (nSPS) is 22.7. The van der Waals surface area contributed by atoms with Gasteiger partial charge in [-0.3, -0.25) is 4.90 Å². The van der Waals surface area contributed by atoms with E-state index >= 15 is 0 Å². The van der Waals surface area contributed by atoms with Gasteiger partial charge in [-0.1, -0.05) is 55.8 Å². The predicted octanol–water partition coefficient (Wildman–Crippen LogP) is 4.44. The van der Waals surface area contributed by atoms with Gasteiger partial charge in [0.2, 0.25) is 0 Å². The third-order valence-electron chi connectivity index (χ3n) is 5.16. The molecule has 21 heavy (non-hydrogen) atoms. The van der Waals surface area contributed by atoms with Crippen molar-refractivity contribution in [1.82, 2.24) is 10.2 Å². The van der Waals surface area contributed by atoms with Crippen molar-refractivity contribution in [3.8, 4) is 0 Å². The van der Waals surface area contributed by atoms with Gasteiger partial charge in [-0.2, -0.15) is 0 Å². The van der Waals surface area contributed by atoms with Gasteiger partial charge in [0.05, 0.1) is 0 Å². The van der Waals surface area contributed by atoms with Crippen LogP contribution in [0.15, 0.2) is 28.7 Å². The average molecular weight is 353 g/mol. The van der Waals surface area contributed by atoms with Gasteiger partial charge < -0.3 is 5.32 Å². The molecule has 0 aliphatic carbocycles. The highest BCUT2D eigenvalue weighted by atomic mass is 79.9. The highest BCUT2D eigenvalue weighted by Crippen LogP contribution is 2.30. The third-order valence-corrected chi connectivity index (χ3v) is 5.66. The Morgan fingerprint density at radius 1 is 1.33 bits per heavy atom. The number of piperazine rings is 1. The lowest BCUT2D eigenvalue weighted by Gasteiger charge is -2.50. The molecular formula is C18H29BrN2. The fraction of sp³-hybridized carbons (Fsp3) is 0.667. The van der Waals surface area contributed by atoms with Crippen molar-refractivity contribution < 1.29 is 0 Å². The predicted molar refractivity (Wildman–Crippen MR) is 94.5 cm³/mol. The summed E-state index contributed by atoms with van der Waals surface area (Å²) in [5, 5.41) is 3.79. The molecule has 0 radical (unpaired) electrons. The first-order valence-electron chi connectivity index (χ1n) is 8.23. The molecule has 0 amide bonds. The minimum Gasteiger partial charge on any atom is -0.311 e. The Labute approximate surface area is 138 Å². The van der Waals surface area contributed by atoms with Gasteiger partial charge in [0.1, 0.15) is 0 Å². The van der Waals surface area contributed by atoms with Crippen LogP contribution in [0.2, 0.25) is 0 Å². The molecule has 1 aliphatic heterocycles. The second kappa shape index (κ2) is 7.26. The zero-order valence-electron chi connectivity index (χ0n) is 13.8. The van der Waals surface area contributed by atoms with Gasteiger partial charge in [-0.15, -0.1) is 0 Å². The quantitative estimate of drug-likeness (QED) is 0.842. The Morgan fingerprint density at radius 2 is 2.05 bits per heavy atom. The maximum absolute atomic E-state index is 3.79. The molecule has 2 nitrogen and oxygen atoms in total. The summed E-state index contributed by atoms with van der Waals surface area (Å²) in [6, 6.07) is 9.34. The van der Waals surface area contributed by atoms with Crippen LogP contribution in [-0.4, -0.2) is 29.6 Å². The molecule has 1 N–H and O–H groups in total. The van der Waals surface area contributed by atoms with Crippen molar-refractivity contribution in [2.45, 2.75) is 58.7 Å². The molecular weight excluding hydrogens is 324 g/mol. The van der Waals surface area contributed by atoms with Crippen LogP contribution in [0, 0.1) is 5.92 Å². The van der Waals surface area contributed by atoms with Crippen LogP contribution in [0.25, 0.3) is 0 Å². The lowest BCUT2D eigenvalue weighted by molar-refractivity contribution is 0.0156. The Bertz CT molecular complexity index is 454. The minimum atomic E-state index is 0.299. The molecule has 1 aromatic rings. The van der Waals surface area contributed by atoms with Gasteiger partial charge >= 0.3 is 0 Å². The summed E-state index contributed by atoms with van der Waals surface area (Å²) in [6.45, 7) is 12.6. The fourth-order valence-electron chi connectivity index (χ4n) is 3.41. The summed E-state index contributed by atoms with van der Waals surface area (Å²) in [7, 11) is 0. The van der Waals surface area contributed by atoms with E-state index in [0.29, 0.717) is 17.5 Å². The summed E-state index contributed by atoms with van der Waals surface area (Å²) in [5.74, 6) is 0.682. The van der Waals surface area contributed by atoms with E-state index in [2.05, 4.69) is 78.1 Å². The van der Waals surface area contributed by atoms with Gasteiger partial charge in [0.25, 0.3) is 0 Å². The van der Waals surface area contributed by atoms with E-state index in [1.54, 1.807) is 0 Å². The van der Waals surface area contributed by atoms with Crippen molar-refractivity contribution in [2.75, 3.05) is 13.1 Å². The lowest BCUT2D eigenvalue weighted by Crippen LogP contribution is -2.64. The van der Waals surface area contributed by atoms with Crippen LogP contribution in [0.3, 0.4) is 0 Å². The van der Waals surface area contributed by atoms with Crippen LogP contribution in [-0.2, 0) is 6.54 Å².